The first-order valence-corrected chi connectivity index (χ1v) is 5.88. The van der Waals surface area contributed by atoms with Gasteiger partial charge < -0.3 is 15.7 Å². The molecule has 0 fully saturated rings. The number of amides is 2. The van der Waals surface area contributed by atoms with Gasteiger partial charge in [-0.25, -0.2) is 4.79 Å². The molecular weight excluding hydrogens is 256 g/mol. The highest BCUT2D eigenvalue weighted by molar-refractivity contribution is 6.30. The number of aliphatic carboxylic acids is 1. The van der Waals surface area contributed by atoms with E-state index in [0.29, 0.717) is 18.0 Å². The Balaban J connectivity index is 2.29. The van der Waals surface area contributed by atoms with Crippen LogP contribution in [0.1, 0.15) is 12.5 Å². The van der Waals surface area contributed by atoms with Gasteiger partial charge in [-0.2, -0.15) is 0 Å². The van der Waals surface area contributed by atoms with Gasteiger partial charge in [-0.1, -0.05) is 23.7 Å². The Morgan fingerprint density at radius 3 is 2.78 bits per heavy atom. The molecule has 1 rings (SSSR count). The van der Waals surface area contributed by atoms with E-state index in [1.165, 1.54) is 6.92 Å². The van der Waals surface area contributed by atoms with Crippen LogP contribution in [0.3, 0.4) is 0 Å². The number of nitrogens with one attached hydrogen (secondary N) is 2. The van der Waals surface area contributed by atoms with Crippen molar-refractivity contribution < 1.29 is 14.7 Å². The molecule has 0 bridgehead atoms. The number of carboxylic acid groups (broad SMARTS) is 1. The summed E-state index contributed by atoms with van der Waals surface area (Å²) in [7, 11) is 0. The summed E-state index contributed by atoms with van der Waals surface area (Å²) in [5.41, 5.74) is 1.01. The average molecular weight is 271 g/mol. The monoisotopic (exact) mass is 270 g/mol. The van der Waals surface area contributed by atoms with Crippen molar-refractivity contribution in [3.8, 4) is 0 Å². The predicted octanol–water partition coefficient (Wildman–Crippen LogP) is 1.65. The molecular formula is C12H15ClN2O3. The summed E-state index contributed by atoms with van der Waals surface area (Å²) in [5, 5.41) is 14.1. The van der Waals surface area contributed by atoms with Crippen LogP contribution in [0.5, 0.6) is 0 Å². The number of urea groups is 1. The molecule has 1 unspecified atom stereocenters. The van der Waals surface area contributed by atoms with E-state index < -0.39 is 18.0 Å². The molecule has 6 heteroatoms. The highest BCUT2D eigenvalue weighted by Crippen LogP contribution is 2.10. The second-order valence-electron chi connectivity index (χ2n) is 3.84. The quantitative estimate of drug-likeness (QED) is 0.761. The molecule has 0 aliphatic rings. The molecule has 1 atom stereocenters. The number of hydrogen-bond acceptors (Lipinski definition) is 2. The molecule has 0 aromatic heterocycles. The lowest BCUT2D eigenvalue weighted by atomic mass is 10.1. The van der Waals surface area contributed by atoms with Crippen molar-refractivity contribution in [2.24, 2.45) is 0 Å². The van der Waals surface area contributed by atoms with Crippen LogP contribution in [0, 0.1) is 0 Å². The van der Waals surface area contributed by atoms with Gasteiger partial charge in [0.05, 0.1) is 0 Å². The SMILES string of the molecule is CC(NC(=O)NCCc1cccc(Cl)c1)C(=O)O. The van der Waals surface area contributed by atoms with Crippen LogP contribution in [0.25, 0.3) is 0 Å². The van der Waals surface area contributed by atoms with Gasteiger partial charge in [0.25, 0.3) is 0 Å². The number of halogens is 1. The van der Waals surface area contributed by atoms with Gasteiger partial charge in [0.15, 0.2) is 0 Å². The number of carboxylic acids is 1. The molecule has 0 aliphatic heterocycles. The van der Waals surface area contributed by atoms with Gasteiger partial charge in [-0.15, -0.1) is 0 Å². The number of hydrogen-bond donors (Lipinski definition) is 3. The van der Waals surface area contributed by atoms with Crippen LogP contribution in [-0.2, 0) is 11.2 Å². The fourth-order valence-corrected chi connectivity index (χ4v) is 1.54. The summed E-state index contributed by atoms with van der Waals surface area (Å²) in [6.45, 7) is 1.82. The van der Waals surface area contributed by atoms with E-state index in [9.17, 15) is 9.59 Å². The molecule has 1 aromatic rings. The van der Waals surface area contributed by atoms with Crippen LogP contribution in [0.2, 0.25) is 5.02 Å². The number of rotatable bonds is 5. The molecule has 5 nitrogen and oxygen atoms in total. The van der Waals surface area contributed by atoms with Crippen LogP contribution >= 0.6 is 11.6 Å². The Labute approximate surface area is 110 Å². The topological polar surface area (TPSA) is 78.4 Å². The third kappa shape index (κ3) is 5.05. The molecule has 98 valence electrons. The van der Waals surface area contributed by atoms with E-state index in [-0.39, 0.29) is 0 Å². The van der Waals surface area contributed by atoms with Crippen LogP contribution in [-0.4, -0.2) is 29.7 Å². The smallest absolute Gasteiger partial charge is 0.325 e. The molecule has 0 spiro atoms. The van der Waals surface area contributed by atoms with Gasteiger partial charge >= 0.3 is 12.0 Å². The van der Waals surface area contributed by atoms with Crippen LogP contribution in [0.15, 0.2) is 24.3 Å². The second-order valence-corrected chi connectivity index (χ2v) is 4.28. The summed E-state index contributed by atoms with van der Waals surface area (Å²) in [6, 6.07) is 5.94. The van der Waals surface area contributed by atoms with Crippen LogP contribution in [0.4, 0.5) is 4.79 Å². The van der Waals surface area contributed by atoms with Crippen LogP contribution < -0.4 is 10.6 Å². The molecule has 0 saturated heterocycles. The molecule has 0 heterocycles. The Hall–Kier alpha value is -1.75. The van der Waals surface area contributed by atoms with E-state index in [2.05, 4.69) is 10.6 Å². The van der Waals surface area contributed by atoms with E-state index in [1.807, 2.05) is 18.2 Å². The second kappa shape index (κ2) is 6.86. The molecule has 3 N–H and O–H groups in total. The Bertz CT molecular complexity index is 437. The molecule has 0 saturated carbocycles. The number of benzene rings is 1. The normalized spacial score (nSPS) is 11.7. The molecule has 2 amide bonds. The summed E-state index contributed by atoms with van der Waals surface area (Å²) in [5.74, 6) is -1.07. The summed E-state index contributed by atoms with van der Waals surface area (Å²) in [6.07, 6.45) is 0.634. The highest BCUT2D eigenvalue weighted by Gasteiger charge is 2.12. The lowest BCUT2D eigenvalue weighted by molar-refractivity contribution is -0.138. The summed E-state index contributed by atoms with van der Waals surface area (Å²) >= 11 is 5.83. The largest absolute Gasteiger partial charge is 0.480 e. The van der Waals surface area contributed by atoms with Crippen molar-refractivity contribution in [3.05, 3.63) is 34.9 Å². The van der Waals surface area contributed by atoms with Gasteiger partial charge in [0.1, 0.15) is 6.04 Å². The summed E-state index contributed by atoms with van der Waals surface area (Å²) in [4.78, 5) is 21.8. The third-order valence-electron chi connectivity index (χ3n) is 2.31. The van der Waals surface area contributed by atoms with E-state index in [1.54, 1.807) is 6.07 Å². The molecule has 0 radical (unpaired) electrons. The van der Waals surface area contributed by atoms with E-state index in [4.69, 9.17) is 16.7 Å². The molecule has 18 heavy (non-hydrogen) atoms. The van der Waals surface area contributed by atoms with Gasteiger partial charge in [0, 0.05) is 11.6 Å². The van der Waals surface area contributed by atoms with Crippen molar-refractivity contribution >= 4 is 23.6 Å². The van der Waals surface area contributed by atoms with E-state index >= 15 is 0 Å². The standard InChI is InChI=1S/C12H15ClN2O3/c1-8(11(16)17)15-12(18)14-6-5-9-3-2-4-10(13)7-9/h2-4,7-8H,5-6H2,1H3,(H,16,17)(H2,14,15,18). The summed E-state index contributed by atoms with van der Waals surface area (Å²) < 4.78 is 0. The number of carbonyl (C=O) groups excluding carboxylic acids is 1. The minimum Gasteiger partial charge on any atom is -0.480 e. The van der Waals surface area contributed by atoms with Gasteiger partial charge in [-0.3, -0.25) is 4.79 Å². The van der Waals surface area contributed by atoms with Crippen molar-refractivity contribution in [1.82, 2.24) is 10.6 Å². The van der Waals surface area contributed by atoms with Crippen molar-refractivity contribution in [2.75, 3.05) is 6.54 Å². The minimum absolute atomic E-state index is 0.415. The fraction of sp³-hybridized carbons (Fsp3) is 0.333. The van der Waals surface area contributed by atoms with Gasteiger partial charge in [0.2, 0.25) is 0 Å². The van der Waals surface area contributed by atoms with Crippen molar-refractivity contribution in [2.45, 2.75) is 19.4 Å². The van der Waals surface area contributed by atoms with Gasteiger partial charge in [-0.05, 0) is 31.0 Å². The zero-order valence-corrected chi connectivity index (χ0v) is 10.7. The van der Waals surface area contributed by atoms with Crippen molar-refractivity contribution in [3.63, 3.8) is 0 Å². The maximum Gasteiger partial charge on any atom is 0.325 e. The molecule has 0 aliphatic carbocycles. The lowest BCUT2D eigenvalue weighted by Crippen LogP contribution is -2.44. The Kier molecular flexibility index (Phi) is 5.45. The fourth-order valence-electron chi connectivity index (χ4n) is 1.32. The average Bonchev–Trinajstić information content (AvgIpc) is 2.28. The Morgan fingerprint density at radius 2 is 2.17 bits per heavy atom. The highest BCUT2D eigenvalue weighted by atomic mass is 35.5. The predicted molar refractivity (Wildman–Crippen MR) is 68.8 cm³/mol. The molecule has 1 aromatic carbocycles. The lowest BCUT2D eigenvalue weighted by Gasteiger charge is -2.10. The minimum atomic E-state index is -1.07. The van der Waals surface area contributed by atoms with E-state index in [0.717, 1.165) is 5.56 Å². The first-order chi connectivity index (χ1) is 8.49. The first kappa shape index (κ1) is 14.3. The number of carbonyl (C=O) groups is 2. The first-order valence-electron chi connectivity index (χ1n) is 5.50. The maximum atomic E-state index is 11.3. The zero-order chi connectivity index (χ0) is 13.5. The third-order valence-corrected chi connectivity index (χ3v) is 2.54. The maximum absolute atomic E-state index is 11.3. The Morgan fingerprint density at radius 1 is 1.44 bits per heavy atom. The zero-order valence-electron chi connectivity index (χ0n) is 9.94. The van der Waals surface area contributed by atoms with Crippen molar-refractivity contribution in [1.29, 1.82) is 0 Å².